The second-order valence-corrected chi connectivity index (χ2v) is 9.88. The fourth-order valence-corrected chi connectivity index (χ4v) is 5.37. The van der Waals surface area contributed by atoms with E-state index >= 15 is 0 Å². The molecule has 1 spiro atoms. The van der Waals surface area contributed by atoms with Gasteiger partial charge in [-0.2, -0.15) is 0 Å². The first-order valence-electron chi connectivity index (χ1n) is 11.6. The van der Waals surface area contributed by atoms with E-state index in [9.17, 15) is 4.79 Å². The molecule has 1 aromatic carbocycles. The molecule has 4 N–H and O–H groups in total. The van der Waals surface area contributed by atoms with Crippen LogP contribution in [-0.2, 0) is 20.6 Å². The van der Waals surface area contributed by atoms with Crippen molar-refractivity contribution in [2.24, 2.45) is 5.92 Å². The summed E-state index contributed by atoms with van der Waals surface area (Å²) in [7, 11) is 1.73. The summed E-state index contributed by atoms with van der Waals surface area (Å²) < 4.78 is 18.2. The van der Waals surface area contributed by atoms with E-state index < -0.39 is 0 Å². The lowest BCUT2D eigenvalue weighted by Gasteiger charge is -2.43. The Labute approximate surface area is 191 Å². The van der Waals surface area contributed by atoms with Crippen LogP contribution in [0.15, 0.2) is 35.9 Å². The molecule has 6 atom stereocenters. The lowest BCUT2D eigenvalue weighted by Crippen LogP contribution is -2.60. The number of epoxide rings is 2. The monoisotopic (exact) mass is 443 g/mol. The van der Waals surface area contributed by atoms with Crippen LogP contribution in [0.2, 0.25) is 0 Å². The van der Waals surface area contributed by atoms with Crippen LogP contribution in [0.3, 0.4) is 0 Å². The van der Waals surface area contributed by atoms with Gasteiger partial charge in [-0.15, -0.1) is 0 Å². The normalized spacial score (nSPS) is 35.2. The maximum absolute atomic E-state index is 12.6. The Kier molecular flexibility index (Phi) is 6.52. The van der Waals surface area contributed by atoms with Crippen LogP contribution in [0.1, 0.15) is 45.6 Å². The Bertz CT molecular complexity index is 847. The number of nitrogen functional groups attached to an aromatic ring is 1. The van der Waals surface area contributed by atoms with Crippen LogP contribution >= 0.6 is 0 Å². The molecule has 0 bridgehead atoms. The van der Waals surface area contributed by atoms with Gasteiger partial charge in [0.05, 0.1) is 30.5 Å². The van der Waals surface area contributed by atoms with Crippen molar-refractivity contribution in [3.8, 4) is 0 Å². The van der Waals surface area contributed by atoms with Crippen LogP contribution in [0.4, 0.5) is 10.5 Å². The Morgan fingerprint density at radius 3 is 2.66 bits per heavy atom. The maximum atomic E-state index is 12.6. The lowest BCUT2D eigenvalue weighted by molar-refractivity contribution is -0.0653. The van der Waals surface area contributed by atoms with Crippen molar-refractivity contribution >= 4 is 11.7 Å². The summed E-state index contributed by atoms with van der Waals surface area (Å²) in [6.07, 6.45) is 5.61. The molecule has 2 amide bonds. The maximum Gasteiger partial charge on any atom is 0.315 e. The summed E-state index contributed by atoms with van der Waals surface area (Å²) in [5.41, 5.74) is 8.43. The van der Waals surface area contributed by atoms with Crippen LogP contribution in [0.5, 0.6) is 0 Å². The molecule has 0 radical (unpaired) electrons. The van der Waals surface area contributed by atoms with Crippen LogP contribution in [-0.4, -0.2) is 55.7 Å². The molecule has 0 aromatic heterocycles. The van der Waals surface area contributed by atoms with Gasteiger partial charge in [0.2, 0.25) is 0 Å². The van der Waals surface area contributed by atoms with Gasteiger partial charge in [-0.05, 0) is 64.2 Å². The molecule has 176 valence electrons. The van der Waals surface area contributed by atoms with Crippen molar-refractivity contribution in [3.63, 3.8) is 0 Å². The number of nitrogens with two attached hydrogens (primary N) is 1. The first-order valence-corrected chi connectivity index (χ1v) is 11.6. The van der Waals surface area contributed by atoms with Crippen LogP contribution in [0, 0.1) is 5.92 Å². The summed E-state index contributed by atoms with van der Waals surface area (Å²) in [5, 5.41) is 6.14. The largest absolute Gasteiger partial charge is 0.399 e. The summed E-state index contributed by atoms with van der Waals surface area (Å²) in [6.45, 7) is 7.69. The fourth-order valence-electron chi connectivity index (χ4n) is 5.37. The Hall–Kier alpha value is -2.09. The number of anilines is 1. The second kappa shape index (κ2) is 9.04. The zero-order chi connectivity index (χ0) is 22.9. The minimum atomic E-state index is -0.297. The first-order chi connectivity index (χ1) is 15.3. The van der Waals surface area contributed by atoms with Crippen molar-refractivity contribution in [3.05, 3.63) is 41.5 Å². The van der Waals surface area contributed by atoms with Crippen molar-refractivity contribution < 1.29 is 19.0 Å². The van der Waals surface area contributed by atoms with E-state index in [1.54, 1.807) is 7.11 Å². The summed E-state index contributed by atoms with van der Waals surface area (Å²) in [4.78, 5) is 12.6. The van der Waals surface area contributed by atoms with Gasteiger partial charge in [-0.25, -0.2) is 4.79 Å². The molecule has 3 aliphatic rings. The molecule has 2 saturated heterocycles. The average molecular weight is 444 g/mol. The molecule has 32 heavy (non-hydrogen) atoms. The third-order valence-corrected chi connectivity index (χ3v) is 7.29. The van der Waals surface area contributed by atoms with Gasteiger partial charge in [-0.3, -0.25) is 0 Å². The van der Waals surface area contributed by atoms with E-state index in [2.05, 4.69) is 37.5 Å². The molecule has 7 heteroatoms. The van der Waals surface area contributed by atoms with Gasteiger partial charge >= 0.3 is 6.03 Å². The zero-order valence-electron chi connectivity index (χ0n) is 19.6. The van der Waals surface area contributed by atoms with Gasteiger partial charge in [0, 0.05) is 25.3 Å². The minimum absolute atomic E-state index is 0.0820. The lowest BCUT2D eigenvalue weighted by atomic mass is 9.67. The number of methoxy groups -OCH3 is 1. The highest BCUT2D eigenvalue weighted by molar-refractivity contribution is 5.74. The first kappa shape index (κ1) is 23.1. The molecule has 7 nitrogen and oxygen atoms in total. The fraction of sp³-hybridized carbons (Fsp3) is 0.640. The molecule has 2 heterocycles. The van der Waals surface area contributed by atoms with Gasteiger partial charge in [-0.1, -0.05) is 23.8 Å². The quantitative estimate of drug-likeness (QED) is 0.325. The molecule has 1 aromatic rings. The van der Waals surface area contributed by atoms with E-state index in [4.69, 9.17) is 19.9 Å². The summed E-state index contributed by atoms with van der Waals surface area (Å²) >= 11 is 0. The van der Waals surface area contributed by atoms with Crippen molar-refractivity contribution in [1.29, 1.82) is 0 Å². The van der Waals surface area contributed by atoms with Gasteiger partial charge in [0.1, 0.15) is 5.60 Å². The number of carbonyl (C=O) groups is 1. The highest BCUT2D eigenvalue weighted by Crippen LogP contribution is 2.59. The van der Waals surface area contributed by atoms with E-state index in [-0.39, 0.29) is 41.4 Å². The van der Waals surface area contributed by atoms with Gasteiger partial charge in [0.15, 0.2) is 0 Å². The third kappa shape index (κ3) is 4.80. The molecule has 2 aliphatic heterocycles. The number of benzene rings is 1. The third-order valence-electron chi connectivity index (χ3n) is 7.29. The number of allylic oxidation sites excluding steroid dienone is 1. The van der Waals surface area contributed by atoms with Crippen LogP contribution < -0.4 is 16.4 Å². The minimum Gasteiger partial charge on any atom is -0.399 e. The van der Waals surface area contributed by atoms with Gasteiger partial charge in [0.25, 0.3) is 0 Å². The predicted molar refractivity (Wildman–Crippen MR) is 124 cm³/mol. The molecular weight excluding hydrogens is 406 g/mol. The van der Waals surface area contributed by atoms with Crippen molar-refractivity contribution in [2.45, 2.75) is 75.9 Å². The molecule has 1 saturated carbocycles. The van der Waals surface area contributed by atoms with E-state index in [0.29, 0.717) is 6.54 Å². The van der Waals surface area contributed by atoms with Crippen molar-refractivity contribution in [2.75, 3.05) is 26.0 Å². The molecule has 3 fully saturated rings. The van der Waals surface area contributed by atoms with Crippen LogP contribution in [0.25, 0.3) is 0 Å². The number of nitrogens with one attached hydrogen (secondary N) is 2. The standard InChI is InChI=1S/C25H37N3O4/c1-16(2)5-10-20-24(3,32-20)22-21(30-4)19(11-13-25(22)15-31-25)28-23(29)27-14-12-17-6-8-18(26)9-7-17/h5-9,19-22H,10-15,26H2,1-4H3,(H2,27,28,29)/t19-,20-,21-,22-,24?,25+/m1/s1. The summed E-state index contributed by atoms with van der Waals surface area (Å²) in [6, 6.07) is 7.48. The number of ether oxygens (including phenoxy) is 3. The Balaban J connectivity index is 1.35. The number of hydrogen-bond acceptors (Lipinski definition) is 5. The molecule has 4 rings (SSSR count). The number of urea groups is 1. The smallest absolute Gasteiger partial charge is 0.315 e. The highest BCUT2D eigenvalue weighted by Gasteiger charge is 2.71. The van der Waals surface area contributed by atoms with Gasteiger partial charge < -0.3 is 30.6 Å². The number of amides is 2. The topological polar surface area (TPSA) is 101 Å². The second-order valence-electron chi connectivity index (χ2n) is 9.88. The Morgan fingerprint density at radius 2 is 2.03 bits per heavy atom. The zero-order valence-corrected chi connectivity index (χ0v) is 19.6. The van der Waals surface area contributed by atoms with E-state index in [1.165, 1.54) is 5.57 Å². The number of carbonyl (C=O) groups excluding carboxylic acids is 1. The Morgan fingerprint density at radius 1 is 1.31 bits per heavy atom. The number of rotatable bonds is 8. The highest BCUT2D eigenvalue weighted by atomic mass is 16.6. The summed E-state index contributed by atoms with van der Waals surface area (Å²) in [5.74, 6) is 0.0874. The molecule has 1 unspecified atom stereocenters. The molecule has 1 aliphatic carbocycles. The number of hydrogen-bond donors (Lipinski definition) is 3. The average Bonchev–Trinajstić information content (AvgIpc) is 3.66. The predicted octanol–water partition coefficient (Wildman–Crippen LogP) is 3.19. The van der Waals surface area contributed by atoms with E-state index in [1.807, 2.05) is 24.3 Å². The van der Waals surface area contributed by atoms with E-state index in [0.717, 1.165) is 43.5 Å². The SMILES string of the molecule is CO[C@H]1[C@H](C2(C)O[C@@H]2CC=C(C)C)[C@]2(CC[C@H]1NC(=O)NCCc1ccc(N)cc1)CO2. The molecular formula is C25H37N3O4. The van der Waals surface area contributed by atoms with Crippen molar-refractivity contribution in [1.82, 2.24) is 10.6 Å².